The summed E-state index contributed by atoms with van der Waals surface area (Å²) < 4.78 is 141. The van der Waals surface area contributed by atoms with Crippen LogP contribution in [0.25, 0.3) is 10.8 Å². The molecule has 37 heavy (non-hydrogen) atoms. The predicted octanol–water partition coefficient (Wildman–Crippen LogP) is 7.41. The zero-order valence-electron chi connectivity index (χ0n) is 17.7. The van der Waals surface area contributed by atoms with Gasteiger partial charge in [-0.1, -0.05) is 12.4 Å². The first-order valence-corrected chi connectivity index (χ1v) is 19.3. The van der Waals surface area contributed by atoms with Gasteiger partial charge in [-0.3, -0.25) is 0 Å². The molecule has 0 saturated carbocycles. The van der Waals surface area contributed by atoms with Gasteiger partial charge in [0.2, 0.25) is 6.71 Å². The Morgan fingerprint density at radius 3 is 1.32 bits per heavy atom. The van der Waals surface area contributed by atoms with E-state index in [4.69, 9.17) is 25.5 Å². The molecule has 15 heteroatoms. The summed E-state index contributed by atoms with van der Waals surface area (Å²) in [7, 11) is 15.0. The van der Waals surface area contributed by atoms with Crippen LogP contribution in [0, 0.1) is 58.2 Å². The number of fused-ring (bicyclic) bond motifs is 1. The first kappa shape index (κ1) is 29.9. The zero-order valence-corrected chi connectivity index (χ0v) is 22.4. The molecular weight excluding hydrogens is 663 g/mol. The molecule has 4 aromatic carbocycles. The number of benzene rings is 3. The van der Waals surface area contributed by atoms with E-state index < -0.39 is 100 Å². The fourth-order valence-electron chi connectivity index (χ4n) is 3.77. The normalized spacial score (nSPS) is 10.9. The van der Waals surface area contributed by atoms with Gasteiger partial charge in [-0.05, 0) is 0 Å². The van der Waals surface area contributed by atoms with E-state index in [-0.39, 0.29) is 5.56 Å². The van der Waals surface area contributed by atoms with E-state index in [2.05, 4.69) is 0 Å². The number of rotatable bonds is 4. The van der Waals surface area contributed by atoms with Crippen LogP contribution in [-0.4, -0.2) is 6.71 Å². The molecule has 0 bridgehead atoms. The van der Waals surface area contributed by atoms with E-state index in [1.54, 1.807) is 24.3 Å². The van der Waals surface area contributed by atoms with Gasteiger partial charge in [0.15, 0.2) is 58.2 Å². The second-order valence-corrected chi connectivity index (χ2v) is 18.6. The van der Waals surface area contributed by atoms with Gasteiger partial charge in [-0.25, -0.2) is 43.9 Å². The van der Waals surface area contributed by atoms with Gasteiger partial charge in [0.1, 0.15) is 0 Å². The van der Waals surface area contributed by atoms with Crippen molar-refractivity contribution in [3.63, 3.8) is 0 Å². The molecule has 0 spiro atoms. The summed E-state index contributed by atoms with van der Waals surface area (Å²) in [5, 5.41) is 1.11. The summed E-state index contributed by atoms with van der Waals surface area (Å²) in [5.41, 5.74) is -3.35. The molecule has 0 unspecified atom stereocenters. The summed E-state index contributed by atoms with van der Waals surface area (Å²) in [6, 6.07) is 9.23. The van der Waals surface area contributed by atoms with Crippen molar-refractivity contribution in [1.29, 1.82) is 0 Å². The van der Waals surface area contributed by atoms with E-state index in [0.29, 0.717) is 10.8 Å². The average molecular weight is 671 g/mol. The first-order chi connectivity index (χ1) is 17.3. The summed E-state index contributed by atoms with van der Waals surface area (Å²) in [6.07, 6.45) is -0.842. The molecule has 0 aliphatic rings. The first-order valence-electron chi connectivity index (χ1n) is 9.78. The predicted molar refractivity (Wildman–Crippen MR) is 118 cm³/mol. The topological polar surface area (TPSA) is 0 Å². The molecule has 0 amide bonds. The number of hydrogen-bond donors (Lipinski definition) is 0. The minimum absolute atomic E-state index is 0.0917. The monoisotopic (exact) mass is 668 g/mol. The van der Waals surface area contributed by atoms with Crippen molar-refractivity contribution in [2.45, 2.75) is 6.32 Å². The Bertz CT molecular complexity index is 1310. The van der Waals surface area contributed by atoms with Crippen LogP contribution in [0.15, 0.2) is 36.4 Å². The van der Waals surface area contributed by atoms with Gasteiger partial charge in [-0.2, -0.15) is 6.07 Å². The van der Waals surface area contributed by atoms with E-state index >= 15 is 0 Å². The molecule has 0 atom stereocenters. The second kappa shape index (κ2) is 12.1. The van der Waals surface area contributed by atoms with Crippen LogP contribution in [-0.2, 0) is 24.5 Å². The Balaban J connectivity index is 0.000000886. The van der Waals surface area contributed by atoms with E-state index in [1.807, 2.05) is 0 Å². The van der Waals surface area contributed by atoms with Gasteiger partial charge in [0.05, 0.1) is 0 Å². The Morgan fingerprint density at radius 2 is 0.946 bits per heavy atom. The second-order valence-electron chi connectivity index (χ2n) is 7.43. The number of hydrogen-bond acceptors (Lipinski definition) is 0. The molecule has 0 nitrogen and oxygen atoms in total. The molecule has 4 rings (SSSR count). The Hall–Kier alpha value is -1.61. The van der Waals surface area contributed by atoms with E-state index in [9.17, 15) is 43.9 Å². The zero-order chi connectivity index (χ0) is 27.8. The molecular formula is C22H8BCl3F10Zr-. The molecule has 0 aliphatic carbocycles. The van der Waals surface area contributed by atoms with Gasteiger partial charge in [0.25, 0.3) is 0 Å². The number of halogens is 13. The third kappa shape index (κ3) is 6.02. The van der Waals surface area contributed by atoms with Gasteiger partial charge < -0.3 is 0 Å². The quantitative estimate of drug-likeness (QED) is 0.0698. The summed E-state index contributed by atoms with van der Waals surface area (Å²) in [4.78, 5) is 0. The molecule has 0 fully saturated rings. The van der Waals surface area contributed by atoms with Gasteiger partial charge >= 0.3 is 43.7 Å². The summed E-state index contributed by atoms with van der Waals surface area (Å²) in [6.45, 7) is -2.45. The van der Waals surface area contributed by atoms with Gasteiger partial charge in [0, 0.05) is 10.9 Å². The molecule has 0 aromatic heterocycles. The van der Waals surface area contributed by atoms with Crippen LogP contribution in [0.1, 0.15) is 5.56 Å². The van der Waals surface area contributed by atoms with E-state index in [0.717, 1.165) is 0 Å². The third-order valence-corrected chi connectivity index (χ3v) is 5.30. The van der Waals surface area contributed by atoms with Crippen LogP contribution in [0.5, 0.6) is 0 Å². The van der Waals surface area contributed by atoms with Crippen LogP contribution < -0.4 is 10.9 Å². The summed E-state index contributed by atoms with van der Waals surface area (Å²) >= 11 is -2.13. The van der Waals surface area contributed by atoms with Crippen LogP contribution in [0.2, 0.25) is 0 Å². The fraction of sp³-hybridized carbons (Fsp3) is 0.0455. The van der Waals surface area contributed by atoms with Crippen molar-refractivity contribution in [2.75, 3.05) is 0 Å². The molecule has 0 heterocycles. The van der Waals surface area contributed by atoms with Crippen molar-refractivity contribution in [1.82, 2.24) is 0 Å². The van der Waals surface area contributed by atoms with Crippen molar-refractivity contribution in [3.8, 4) is 0 Å². The molecule has 0 saturated heterocycles. The maximum absolute atomic E-state index is 14.6. The van der Waals surface area contributed by atoms with Crippen molar-refractivity contribution < 1.29 is 62.1 Å². The van der Waals surface area contributed by atoms with Gasteiger partial charge in [-0.15, -0.1) is 40.6 Å². The SMILES string of the molecule is Fc1c(F)c(F)c(B(Cc2cc3ccccc3[cH-]2)c2c(F)c(F)c(F)c(F)c2F)c(F)c1F.[Cl][Zr]([Cl])[Cl]. The minimum atomic E-state index is -2.54. The average Bonchev–Trinajstić information content (AvgIpc) is 3.26. The van der Waals surface area contributed by atoms with E-state index in [1.165, 1.54) is 12.1 Å². The molecule has 195 valence electrons. The maximum atomic E-state index is 14.6. The Labute approximate surface area is 221 Å². The summed E-state index contributed by atoms with van der Waals surface area (Å²) in [5.74, 6) is -24.6. The van der Waals surface area contributed by atoms with Crippen LogP contribution >= 0.6 is 25.5 Å². The fourth-order valence-corrected chi connectivity index (χ4v) is 3.77. The van der Waals surface area contributed by atoms with Crippen molar-refractivity contribution in [3.05, 3.63) is 100 Å². The molecule has 4 aromatic rings. The van der Waals surface area contributed by atoms with Crippen LogP contribution in [0.3, 0.4) is 0 Å². The molecule has 0 N–H and O–H groups in total. The molecule has 0 aliphatic heterocycles. The van der Waals surface area contributed by atoms with Crippen molar-refractivity contribution in [2.24, 2.45) is 0 Å². The third-order valence-electron chi connectivity index (χ3n) is 5.30. The standard InChI is InChI=1S/C22H8BF10.3ClH.Zr/c24-13-11(14(25)18(29)21(32)17(13)28)23(7-8-5-9-3-1-2-4-10(9)6-8)12-15(26)19(30)22(33)20(31)16(12)27;;;;/h1-6H,7H2;3*1H;/q-1;;;;+3/p-3. The molecule has 0 radical (unpaired) electrons. The Kier molecular flexibility index (Phi) is 9.75. The van der Waals surface area contributed by atoms with Crippen LogP contribution in [0.4, 0.5) is 43.9 Å². The Morgan fingerprint density at radius 1 is 0.595 bits per heavy atom. The van der Waals surface area contributed by atoms with Crippen molar-refractivity contribution >= 4 is 53.9 Å².